The van der Waals surface area contributed by atoms with Crippen molar-refractivity contribution in [3.63, 3.8) is 0 Å². The summed E-state index contributed by atoms with van der Waals surface area (Å²) in [6.07, 6.45) is -1.46. The molecule has 5 aliphatic rings. The number of amides is 1. The fraction of sp³-hybridized carbons (Fsp3) is 0.485. The second-order valence-electron chi connectivity index (χ2n) is 25.0. The van der Waals surface area contributed by atoms with Crippen molar-refractivity contribution < 1.29 is 62.3 Å². The number of aliphatic hydroxyl groups excluding tert-OH is 1. The topological polar surface area (TPSA) is 197 Å². The fourth-order valence-electron chi connectivity index (χ4n) is 14.3. The first-order chi connectivity index (χ1) is 39.3. The van der Waals surface area contributed by atoms with Crippen molar-refractivity contribution in [3.8, 4) is 0 Å². The molecule has 0 radical (unpaired) electrons. The van der Waals surface area contributed by atoms with Gasteiger partial charge in [-0.2, -0.15) is 0 Å². The van der Waals surface area contributed by atoms with Crippen molar-refractivity contribution in [1.29, 1.82) is 0 Å². The first kappa shape index (κ1) is 60.8. The number of nitrogens with one attached hydrogen (secondary N) is 1. The Kier molecular flexibility index (Phi) is 17.4. The predicted molar refractivity (Wildman–Crippen MR) is 320 cm³/mol. The Morgan fingerprint density at radius 2 is 1.52 bits per heavy atom. The quantitative estimate of drug-likeness (QED) is 0.0341. The van der Waals surface area contributed by atoms with Crippen LogP contribution in [0.4, 0.5) is 11.4 Å². The number of hydrogen-bond donors (Lipinski definition) is 2. The zero-order valence-corrected chi connectivity index (χ0v) is 51.2. The molecule has 2 heterocycles. The van der Waals surface area contributed by atoms with Crippen LogP contribution in [0.25, 0.3) is 6.08 Å². The summed E-state index contributed by atoms with van der Waals surface area (Å²) in [6.45, 7) is 13.3. The van der Waals surface area contributed by atoms with Gasteiger partial charge in [0, 0.05) is 90.6 Å². The molecule has 4 aromatic rings. The number of ether oxygens (including phenoxy) is 6. The Labute approximate surface area is 488 Å². The third-order valence-corrected chi connectivity index (χ3v) is 22.1. The van der Waals surface area contributed by atoms with E-state index >= 15 is 4.79 Å². The standard InChI is InChI=1S/C66H81N3O13Si/c1-38-47(32-43-36-64(3,4)54(38)59(78-11)61(74)65(5)50(77-10)35-51-66(37-79-51,82-39(2)70)60(65)58(43)81-62(75)41-25-19-15-20-26-41)80-63(76)57(73)55(40-23-17-14-18-24-40)67-52(71)28-22-16-21-27-42-31-45(69(8)9)34-49-53(42)56(72)46-30-29-44(68(6)7)33-48(46)83(49,12)13/h14-15,17-21,23-27,29-31,33-34,43,47,50-51,55,57-60,73H,16,22,28,32,35-37H2,1-13H3,(H,67,71)/b27-21+/t43-,47-,50-,51+,55-,57+,58+,59+,60-,65+,66-/m0/s1. The van der Waals surface area contributed by atoms with Crippen molar-refractivity contribution in [2.24, 2.45) is 22.7 Å². The number of nitrogens with zero attached hydrogens (tertiary/aromatic N) is 2. The third kappa shape index (κ3) is 11.2. The highest BCUT2D eigenvalue weighted by atomic mass is 28.3. The lowest BCUT2D eigenvalue weighted by atomic mass is 9.51. The summed E-state index contributed by atoms with van der Waals surface area (Å²) >= 11 is 0. The number of esters is 3. The Morgan fingerprint density at radius 1 is 0.855 bits per heavy atom. The SMILES string of the molecule is CO[C@H]1C(=O)[C@]2(C)[C@@H](OC)C[C@H]3OC[C@@]3(OC(C)=O)[C@H]2[C@H](OC(=O)c2ccccc2)[C@H]2C[C@H](OC(=O)[C@H](O)[C@@H](NC(=O)CCC/C=C/c3cc(N(C)C)cc4c3C(=O)c3ccc(N(C)C)cc3[Si]4(C)C)c3ccccc3)C(C)=C1C(C)(C)C2. The van der Waals surface area contributed by atoms with Gasteiger partial charge in [-0.05, 0) is 120 Å². The van der Waals surface area contributed by atoms with E-state index in [0.29, 0.717) is 41.5 Å². The maximum atomic E-state index is 15.9. The highest BCUT2D eigenvalue weighted by Gasteiger charge is 2.74. The molecule has 0 aromatic heterocycles. The molecule has 16 nitrogen and oxygen atoms in total. The van der Waals surface area contributed by atoms with Gasteiger partial charge >= 0.3 is 17.9 Å². The minimum atomic E-state index is -2.34. The highest BCUT2D eigenvalue weighted by molar-refractivity contribution is 7.02. The number of fused-ring (bicyclic) bond motifs is 8. The van der Waals surface area contributed by atoms with Gasteiger partial charge in [0.15, 0.2) is 23.3 Å². The maximum absolute atomic E-state index is 15.9. The zero-order chi connectivity index (χ0) is 60.1. The number of unbranched alkanes of at least 4 members (excludes halogenated alkanes) is 1. The molecule has 4 aromatic carbocycles. The minimum Gasteiger partial charge on any atom is -0.458 e. The molecule has 0 unspecified atom stereocenters. The Bertz CT molecular complexity index is 3230. The number of carbonyl (C=O) groups excluding carboxylic acids is 6. The zero-order valence-electron chi connectivity index (χ0n) is 50.2. The normalized spacial score (nSPS) is 27.4. The van der Waals surface area contributed by atoms with Crippen LogP contribution < -0.4 is 25.5 Å². The first-order valence-electron chi connectivity index (χ1n) is 28.8. The number of aliphatic hydroxyl groups is 1. The van der Waals surface area contributed by atoms with Crippen LogP contribution in [0.15, 0.2) is 108 Å². The smallest absolute Gasteiger partial charge is 0.338 e. The second kappa shape index (κ2) is 23.7. The Hall–Kier alpha value is -6.76. The summed E-state index contributed by atoms with van der Waals surface area (Å²) in [7, 11) is 8.59. The van der Waals surface area contributed by atoms with Gasteiger partial charge in [0.25, 0.3) is 0 Å². The van der Waals surface area contributed by atoms with E-state index in [0.717, 1.165) is 32.9 Å². The lowest BCUT2D eigenvalue weighted by molar-refractivity contribution is -0.334. The largest absolute Gasteiger partial charge is 0.458 e. The van der Waals surface area contributed by atoms with Gasteiger partial charge in [0.1, 0.15) is 32.5 Å². The lowest BCUT2D eigenvalue weighted by Gasteiger charge is -2.64. The van der Waals surface area contributed by atoms with Crippen LogP contribution >= 0.6 is 0 Å². The van der Waals surface area contributed by atoms with Crippen LogP contribution in [0.2, 0.25) is 13.1 Å². The molecule has 17 heteroatoms. The summed E-state index contributed by atoms with van der Waals surface area (Å²) < 4.78 is 38.2. The molecular weight excluding hydrogens is 1070 g/mol. The van der Waals surface area contributed by atoms with E-state index < -0.39 is 109 Å². The molecule has 2 aliphatic heterocycles. The molecule has 2 saturated carbocycles. The average Bonchev–Trinajstić information content (AvgIpc) is 1.76. The van der Waals surface area contributed by atoms with Crippen molar-refractivity contribution >= 4 is 71.3 Å². The number of anilines is 2. The molecular formula is C66H81N3O13Si. The molecule has 1 amide bonds. The first-order valence-corrected chi connectivity index (χ1v) is 31.8. The number of carbonyl (C=O) groups is 6. The van der Waals surface area contributed by atoms with E-state index in [9.17, 15) is 29.1 Å². The van der Waals surface area contributed by atoms with E-state index in [1.807, 2.05) is 77.3 Å². The predicted octanol–water partition coefficient (Wildman–Crippen LogP) is 7.82. The van der Waals surface area contributed by atoms with E-state index in [4.69, 9.17) is 28.4 Å². The van der Waals surface area contributed by atoms with E-state index in [-0.39, 0.29) is 37.2 Å². The van der Waals surface area contributed by atoms with E-state index in [1.54, 1.807) is 74.5 Å². The number of ketones is 2. The highest BCUT2D eigenvalue weighted by Crippen LogP contribution is 2.62. The molecule has 83 heavy (non-hydrogen) atoms. The molecule has 11 atom stereocenters. The molecule has 2 bridgehead atoms. The Morgan fingerprint density at radius 3 is 2.13 bits per heavy atom. The van der Waals surface area contributed by atoms with Gasteiger partial charge in [-0.15, -0.1) is 0 Å². The molecule has 2 N–H and O–H groups in total. The van der Waals surface area contributed by atoms with Crippen molar-refractivity contribution in [2.75, 3.05) is 58.8 Å². The monoisotopic (exact) mass is 1150 g/mol. The van der Waals surface area contributed by atoms with Gasteiger partial charge in [-0.25, -0.2) is 9.59 Å². The third-order valence-electron chi connectivity index (χ3n) is 18.6. The second-order valence-corrected chi connectivity index (χ2v) is 29.3. The molecule has 9 rings (SSSR count). The van der Waals surface area contributed by atoms with Gasteiger partial charge in [0.05, 0.1) is 35.6 Å². The van der Waals surface area contributed by atoms with E-state index in [1.165, 1.54) is 21.1 Å². The van der Waals surface area contributed by atoms with Crippen LogP contribution in [0.3, 0.4) is 0 Å². The number of Topliss-reactive ketones (excluding diaryl/α,β-unsaturated/α-hetero) is 1. The van der Waals surface area contributed by atoms with Crippen LogP contribution in [0.1, 0.15) is 117 Å². The lowest BCUT2D eigenvalue weighted by Crippen LogP contribution is -2.78. The summed E-state index contributed by atoms with van der Waals surface area (Å²) in [4.78, 5) is 91.0. The summed E-state index contributed by atoms with van der Waals surface area (Å²) in [5, 5.41) is 17.4. The van der Waals surface area contributed by atoms with Crippen LogP contribution in [-0.2, 0) is 47.6 Å². The van der Waals surface area contributed by atoms with Gasteiger partial charge < -0.3 is 48.6 Å². The number of allylic oxidation sites excluding steroid dienone is 1. The summed E-state index contributed by atoms with van der Waals surface area (Å²) in [5.41, 5.74) is 2.32. The molecule has 3 fully saturated rings. The molecule has 0 spiro atoms. The van der Waals surface area contributed by atoms with Crippen LogP contribution in [-0.4, -0.2) is 140 Å². The number of rotatable bonds is 17. The maximum Gasteiger partial charge on any atom is 0.338 e. The van der Waals surface area contributed by atoms with Gasteiger partial charge in [-0.1, -0.05) is 87.6 Å². The van der Waals surface area contributed by atoms with Crippen molar-refractivity contribution in [2.45, 2.75) is 135 Å². The van der Waals surface area contributed by atoms with Gasteiger partial charge in [0.2, 0.25) is 5.91 Å². The number of benzene rings is 4. The fourth-order valence-corrected chi connectivity index (χ4v) is 17.4. The molecule has 1 saturated heterocycles. The number of methoxy groups -OCH3 is 2. The van der Waals surface area contributed by atoms with Crippen molar-refractivity contribution in [3.05, 3.63) is 136 Å². The minimum absolute atomic E-state index is 0.00391. The average molecular weight is 1150 g/mol. The number of hydrogen-bond acceptors (Lipinski definition) is 15. The van der Waals surface area contributed by atoms with E-state index in [2.05, 4.69) is 35.4 Å². The molecule has 442 valence electrons. The van der Waals surface area contributed by atoms with Gasteiger partial charge in [-0.3, -0.25) is 19.2 Å². The Balaban J connectivity index is 0.992. The van der Waals surface area contributed by atoms with Crippen LogP contribution in [0, 0.1) is 22.7 Å². The summed E-state index contributed by atoms with van der Waals surface area (Å²) in [6, 6.07) is 26.3. The van der Waals surface area contributed by atoms with Crippen molar-refractivity contribution in [1.82, 2.24) is 5.32 Å². The summed E-state index contributed by atoms with van der Waals surface area (Å²) in [5.74, 6) is -4.84. The van der Waals surface area contributed by atoms with Crippen LogP contribution in [0.5, 0.6) is 0 Å². The molecule has 3 aliphatic carbocycles.